The quantitative estimate of drug-likeness (QED) is 0.581. The van der Waals surface area contributed by atoms with Crippen molar-refractivity contribution in [2.75, 3.05) is 13.1 Å². The van der Waals surface area contributed by atoms with Crippen LogP contribution in [0.3, 0.4) is 0 Å². The van der Waals surface area contributed by atoms with E-state index in [0.717, 1.165) is 6.42 Å². The van der Waals surface area contributed by atoms with Crippen LogP contribution in [0.5, 0.6) is 0 Å². The van der Waals surface area contributed by atoms with Gasteiger partial charge in [0.2, 0.25) is 21.8 Å². The topological polar surface area (TPSA) is 125 Å². The van der Waals surface area contributed by atoms with Gasteiger partial charge >= 0.3 is 0 Å². The summed E-state index contributed by atoms with van der Waals surface area (Å²) in [4.78, 5) is 13.5. The summed E-state index contributed by atoms with van der Waals surface area (Å²) in [5.74, 6) is -0.776. The maximum Gasteiger partial charge on any atom is 0.243 e. The standard InChI is InChI=1S/C20H24ClN7O2S/c1-13(2)23-19-25-18(16-8-4-9-17(21)24-16)26-20(22,27-19)14-6-3-7-15(12-14)31(29,30)28-10-5-11-28/h3-4,6-9,12-13H,5,10-11,22H2,1-2H3,(H2,23,25,26,27). The number of halogens is 1. The van der Waals surface area contributed by atoms with Crippen LogP contribution < -0.4 is 16.4 Å². The smallest absolute Gasteiger partial charge is 0.243 e. The Bertz CT molecular complexity index is 1160. The zero-order valence-corrected chi connectivity index (χ0v) is 18.8. The summed E-state index contributed by atoms with van der Waals surface area (Å²) in [6, 6.07) is 11.7. The number of aliphatic imine (C=N–C) groups is 2. The predicted octanol–water partition coefficient (Wildman–Crippen LogP) is 1.60. The van der Waals surface area contributed by atoms with Crippen LogP contribution in [0.1, 0.15) is 31.5 Å². The molecule has 0 aliphatic carbocycles. The number of sulfonamides is 1. The third-order valence-corrected chi connectivity index (χ3v) is 7.02. The minimum atomic E-state index is -3.57. The first-order valence-corrected chi connectivity index (χ1v) is 11.7. The molecule has 1 unspecified atom stereocenters. The van der Waals surface area contributed by atoms with Gasteiger partial charge in [-0.2, -0.15) is 9.30 Å². The molecule has 0 spiro atoms. The lowest BCUT2D eigenvalue weighted by Gasteiger charge is -2.33. The molecule has 1 aromatic heterocycles. The van der Waals surface area contributed by atoms with Crippen molar-refractivity contribution in [2.45, 2.75) is 37.0 Å². The Kier molecular flexibility index (Phi) is 5.73. The molecule has 1 fully saturated rings. The molecule has 2 aliphatic rings. The number of rotatable bonds is 5. The maximum absolute atomic E-state index is 12.9. The Balaban J connectivity index is 1.75. The van der Waals surface area contributed by atoms with Crippen molar-refractivity contribution in [2.24, 2.45) is 15.7 Å². The Morgan fingerprint density at radius 3 is 2.61 bits per heavy atom. The zero-order chi connectivity index (χ0) is 22.2. The van der Waals surface area contributed by atoms with E-state index in [9.17, 15) is 8.42 Å². The summed E-state index contributed by atoms with van der Waals surface area (Å²) >= 11 is 6.05. The molecule has 164 valence electrons. The third kappa shape index (κ3) is 4.42. The molecule has 4 N–H and O–H groups in total. The van der Waals surface area contributed by atoms with Crippen LogP contribution in [0.2, 0.25) is 5.15 Å². The number of hydrogen-bond acceptors (Lipinski definition) is 8. The molecule has 11 heteroatoms. The van der Waals surface area contributed by atoms with E-state index in [-0.39, 0.29) is 10.9 Å². The molecule has 0 bridgehead atoms. The van der Waals surface area contributed by atoms with Crippen LogP contribution >= 0.6 is 11.6 Å². The first kappa shape index (κ1) is 21.7. The molecule has 0 saturated carbocycles. The van der Waals surface area contributed by atoms with Crippen molar-refractivity contribution in [1.29, 1.82) is 0 Å². The Morgan fingerprint density at radius 1 is 1.23 bits per heavy atom. The number of benzene rings is 1. The number of nitrogens with zero attached hydrogens (tertiary/aromatic N) is 4. The van der Waals surface area contributed by atoms with Gasteiger partial charge in [-0.15, -0.1) is 0 Å². The molecule has 3 heterocycles. The summed E-state index contributed by atoms with van der Waals surface area (Å²) in [5.41, 5.74) is 7.63. The minimum absolute atomic E-state index is 0.0524. The van der Waals surface area contributed by atoms with Crippen LogP contribution in [-0.4, -0.2) is 48.6 Å². The lowest BCUT2D eigenvalue weighted by Crippen LogP contribution is -2.56. The van der Waals surface area contributed by atoms with Crippen molar-refractivity contribution in [3.05, 3.63) is 58.9 Å². The highest BCUT2D eigenvalue weighted by Crippen LogP contribution is 2.27. The number of amidine groups is 1. The number of hydrogen-bond donors (Lipinski definition) is 3. The summed E-state index contributed by atoms with van der Waals surface area (Å²) in [6.45, 7) is 4.96. The fourth-order valence-electron chi connectivity index (χ4n) is 3.23. The van der Waals surface area contributed by atoms with Gasteiger partial charge in [0.05, 0.1) is 4.90 Å². The first-order chi connectivity index (χ1) is 14.7. The van der Waals surface area contributed by atoms with Gasteiger partial charge in [-0.25, -0.2) is 18.4 Å². The van der Waals surface area contributed by atoms with E-state index in [1.54, 1.807) is 42.5 Å². The molecule has 0 amide bonds. The second-order valence-corrected chi connectivity index (χ2v) is 10.0. The van der Waals surface area contributed by atoms with Crippen LogP contribution in [0.15, 0.2) is 57.3 Å². The SMILES string of the molecule is CC(C)NC1=NC(N)(c2cccc(S(=O)(=O)N3CCC3)c2)NC(c2cccc(Cl)n2)=N1. The lowest BCUT2D eigenvalue weighted by molar-refractivity contribution is 0.309. The molecule has 1 aromatic carbocycles. The van der Waals surface area contributed by atoms with Gasteiger partial charge in [0.25, 0.3) is 0 Å². The van der Waals surface area contributed by atoms with Gasteiger partial charge in [0, 0.05) is 24.7 Å². The van der Waals surface area contributed by atoms with E-state index in [1.807, 2.05) is 13.8 Å². The van der Waals surface area contributed by atoms with E-state index < -0.39 is 15.8 Å². The molecular weight excluding hydrogens is 438 g/mol. The van der Waals surface area contributed by atoms with Crippen LogP contribution in [-0.2, 0) is 15.8 Å². The number of pyridine rings is 1. The number of nitrogens with two attached hydrogens (primary N) is 1. The van der Waals surface area contributed by atoms with Gasteiger partial charge in [-0.1, -0.05) is 29.8 Å². The monoisotopic (exact) mass is 461 g/mol. The summed E-state index contributed by atoms with van der Waals surface area (Å²) in [5, 5.41) is 6.57. The highest BCUT2D eigenvalue weighted by Gasteiger charge is 2.35. The van der Waals surface area contributed by atoms with Crippen LogP contribution in [0.25, 0.3) is 0 Å². The van der Waals surface area contributed by atoms with E-state index in [2.05, 4.69) is 25.6 Å². The lowest BCUT2D eigenvalue weighted by atomic mass is 10.1. The Hall–Kier alpha value is -2.53. The predicted molar refractivity (Wildman–Crippen MR) is 120 cm³/mol. The second kappa shape index (κ2) is 8.19. The first-order valence-electron chi connectivity index (χ1n) is 9.93. The average Bonchev–Trinajstić information content (AvgIpc) is 2.65. The molecule has 31 heavy (non-hydrogen) atoms. The number of aromatic nitrogens is 1. The van der Waals surface area contributed by atoms with Crippen LogP contribution in [0, 0.1) is 0 Å². The molecule has 1 saturated heterocycles. The van der Waals surface area contributed by atoms with Crippen molar-refractivity contribution in [1.82, 2.24) is 19.9 Å². The van der Waals surface area contributed by atoms with Crippen molar-refractivity contribution in [3.63, 3.8) is 0 Å². The number of nitrogens with one attached hydrogen (secondary N) is 2. The number of guanidine groups is 1. The summed E-state index contributed by atoms with van der Waals surface area (Å²) in [7, 11) is -3.57. The normalized spacial score (nSPS) is 21.7. The molecule has 1 atom stereocenters. The summed E-state index contributed by atoms with van der Waals surface area (Å²) in [6.07, 6.45) is 0.863. The van der Waals surface area contributed by atoms with Gasteiger partial charge in [-0.05, 0) is 44.5 Å². The minimum Gasteiger partial charge on any atom is -0.352 e. The highest BCUT2D eigenvalue weighted by molar-refractivity contribution is 7.89. The summed E-state index contributed by atoms with van der Waals surface area (Å²) < 4.78 is 27.2. The van der Waals surface area contributed by atoms with Gasteiger partial charge in [0.1, 0.15) is 10.8 Å². The zero-order valence-electron chi connectivity index (χ0n) is 17.2. The third-order valence-electron chi connectivity index (χ3n) is 4.91. The highest BCUT2D eigenvalue weighted by atomic mass is 35.5. The molecule has 2 aliphatic heterocycles. The van der Waals surface area contributed by atoms with Gasteiger partial charge < -0.3 is 10.6 Å². The fraction of sp³-hybridized carbons (Fsp3) is 0.350. The molecule has 2 aromatic rings. The van der Waals surface area contributed by atoms with Crippen molar-refractivity contribution >= 4 is 33.4 Å². The Morgan fingerprint density at radius 2 is 1.97 bits per heavy atom. The van der Waals surface area contributed by atoms with Gasteiger partial charge in [0.15, 0.2) is 5.84 Å². The second-order valence-electron chi connectivity index (χ2n) is 7.72. The van der Waals surface area contributed by atoms with E-state index in [1.165, 1.54) is 4.31 Å². The molecule has 0 radical (unpaired) electrons. The largest absolute Gasteiger partial charge is 0.352 e. The van der Waals surface area contributed by atoms with E-state index in [4.69, 9.17) is 17.3 Å². The average molecular weight is 462 g/mol. The molecular formula is C20H24ClN7O2S. The molecule has 4 rings (SSSR count). The van der Waals surface area contributed by atoms with Crippen LogP contribution in [0.4, 0.5) is 0 Å². The maximum atomic E-state index is 12.9. The van der Waals surface area contributed by atoms with Crippen molar-refractivity contribution in [3.8, 4) is 0 Å². The van der Waals surface area contributed by atoms with E-state index in [0.29, 0.717) is 41.3 Å². The fourth-order valence-corrected chi connectivity index (χ4v) is 4.95. The molecule has 9 nitrogen and oxygen atoms in total. The van der Waals surface area contributed by atoms with Crippen molar-refractivity contribution < 1.29 is 8.42 Å². The Labute approximate surface area is 186 Å². The van der Waals surface area contributed by atoms with E-state index >= 15 is 0 Å². The van der Waals surface area contributed by atoms with Gasteiger partial charge in [-0.3, -0.25) is 5.73 Å².